The fraction of sp³-hybridized carbons (Fsp3) is 0.333. The molecule has 0 radical (unpaired) electrons. The molecule has 3 nitrogen and oxygen atoms in total. The molecule has 5 heteroatoms. The molecule has 0 spiro atoms. The SMILES string of the molecule is CC1=CCCN(S(=O)(=O)c2cccc(Br)c2)C1. The van der Waals surface area contributed by atoms with E-state index in [2.05, 4.69) is 22.0 Å². The van der Waals surface area contributed by atoms with Gasteiger partial charge in [0.15, 0.2) is 0 Å². The Morgan fingerprint density at radius 1 is 1.35 bits per heavy atom. The quantitative estimate of drug-likeness (QED) is 0.787. The molecular formula is C12H14BrNO2S. The van der Waals surface area contributed by atoms with E-state index in [0.717, 1.165) is 16.5 Å². The number of halogens is 1. The van der Waals surface area contributed by atoms with Crippen molar-refractivity contribution < 1.29 is 8.42 Å². The normalized spacial score (nSPS) is 17.9. The summed E-state index contributed by atoms with van der Waals surface area (Å²) in [5.41, 5.74) is 1.11. The summed E-state index contributed by atoms with van der Waals surface area (Å²) in [7, 11) is -3.35. The highest BCUT2D eigenvalue weighted by Gasteiger charge is 2.25. The van der Waals surface area contributed by atoms with Crippen LogP contribution in [0.3, 0.4) is 0 Å². The van der Waals surface area contributed by atoms with Crippen LogP contribution in [-0.4, -0.2) is 25.8 Å². The van der Waals surface area contributed by atoms with E-state index >= 15 is 0 Å². The average Bonchev–Trinajstić information content (AvgIpc) is 2.29. The summed E-state index contributed by atoms with van der Waals surface area (Å²) in [6, 6.07) is 6.83. The Hall–Kier alpha value is -0.650. The number of hydrogen-bond acceptors (Lipinski definition) is 2. The Labute approximate surface area is 110 Å². The van der Waals surface area contributed by atoms with Crippen LogP contribution in [0.5, 0.6) is 0 Å². The Kier molecular flexibility index (Phi) is 3.70. The first kappa shape index (κ1) is 12.8. The smallest absolute Gasteiger partial charge is 0.207 e. The molecule has 0 atom stereocenters. The van der Waals surface area contributed by atoms with E-state index in [1.165, 1.54) is 4.31 Å². The molecule has 0 amide bonds. The van der Waals surface area contributed by atoms with Gasteiger partial charge >= 0.3 is 0 Å². The van der Waals surface area contributed by atoms with E-state index in [4.69, 9.17) is 0 Å². The minimum Gasteiger partial charge on any atom is -0.207 e. The number of hydrogen-bond donors (Lipinski definition) is 0. The van der Waals surface area contributed by atoms with Crippen LogP contribution in [0.25, 0.3) is 0 Å². The predicted octanol–water partition coefficient (Wildman–Crippen LogP) is 2.79. The third-order valence-electron chi connectivity index (χ3n) is 2.73. The van der Waals surface area contributed by atoms with E-state index in [1.54, 1.807) is 18.2 Å². The lowest BCUT2D eigenvalue weighted by atomic mass is 10.2. The summed E-state index contributed by atoms with van der Waals surface area (Å²) < 4.78 is 27.0. The molecule has 0 aromatic heterocycles. The van der Waals surface area contributed by atoms with Gasteiger partial charge in [-0.3, -0.25) is 0 Å². The van der Waals surface area contributed by atoms with Crippen LogP contribution in [0.2, 0.25) is 0 Å². The highest BCUT2D eigenvalue weighted by molar-refractivity contribution is 9.10. The maximum Gasteiger partial charge on any atom is 0.243 e. The molecule has 0 unspecified atom stereocenters. The standard InChI is InChI=1S/C12H14BrNO2S/c1-10-4-3-7-14(9-10)17(15,16)12-6-2-5-11(13)8-12/h2,4-6,8H,3,7,9H2,1H3. The molecule has 0 N–H and O–H groups in total. The maximum absolute atomic E-state index is 12.4. The second kappa shape index (κ2) is 4.92. The van der Waals surface area contributed by atoms with Gasteiger partial charge in [0.05, 0.1) is 4.90 Å². The lowest BCUT2D eigenvalue weighted by molar-refractivity contribution is 0.428. The van der Waals surface area contributed by atoms with Crippen molar-refractivity contribution in [1.29, 1.82) is 0 Å². The Balaban J connectivity index is 2.34. The van der Waals surface area contributed by atoms with Crippen LogP contribution >= 0.6 is 15.9 Å². The van der Waals surface area contributed by atoms with E-state index in [-0.39, 0.29) is 0 Å². The summed E-state index contributed by atoms with van der Waals surface area (Å²) in [6.45, 7) is 3.02. The summed E-state index contributed by atoms with van der Waals surface area (Å²) in [4.78, 5) is 0.349. The van der Waals surface area contributed by atoms with Gasteiger partial charge in [0.25, 0.3) is 0 Å². The molecule has 0 saturated heterocycles. The minimum atomic E-state index is -3.35. The minimum absolute atomic E-state index is 0.349. The molecule has 92 valence electrons. The summed E-state index contributed by atoms with van der Waals surface area (Å²) in [6.07, 6.45) is 2.88. The largest absolute Gasteiger partial charge is 0.243 e. The first-order valence-corrected chi connectivity index (χ1v) is 7.65. The fourth-order valence-corrected chi connectivity index (χ4v) is 3.95. The summed E-state index contributed by atoms with van der Waals surface area (Å²) in [5.74, 6) is 0. The first-order chi connectivity index (χ1) is 8.00. The van der Waals surface area contributed by atoms with Gasteiger partial charge in [0, 0.05) is 17.6 Å². The number of sulfonamides is 1. The van der Waals surface area contributed by atoms with E-state index in [1.807, 2.05) is 13.0 Å². The number of nitrogens with zero attached hydrogens (tertiary/aromatic N) is 1. The highest BCUT2D eigenvalue weighted by atomic mass is 79.9. The van der Waals surface area contributed by atoms with Crippen molar-refractivity contribution in [2.24, 2.45) is 0 Å². The van der Waals surface area contributed by atoms with E-state index < -0.39 is 10.0 Å². The highest BCUT2D eigenvalue weighted by Crippen LogP contribution is 2.22. The molecule has 1 aromatic rings. The molecule has 0 fully saturated rings. The number of rotatable bonds is 2. The van der Waals surface area contributed by atoms with Gasteiger partial charge in [0.2, 0.25) is 10.0 Å². The maximum atomic E-state index is 12.4. The van der Waals surface area contributed by atoms with Gasteiger partial charge in [-0.05, 0) is 31.5 Å². The Morgan fingerprint density at radius 3 is 2.76 bits per heavy atom. The van der Waals surface area contributed by atoms with Crippen LogP contribution in [0.1, 0.15) is 13.3 Å². The molecule has 1 heterocycles. The summed E-state index contributed by atoms with van der Waals surface area (Å²) in [5, 5.41) is 0. The topological polar surface area (TPSA) is 37.4 Å². The van der Waals surface area contributed by atoms with Crippen LogP contribution in [0, 0.1) is 0 Å². The third-order valence-corrected chi connectivity index (χ3v) is 5.07. The fourth-order valence-electron chi connectivity index (χ4n) is 1.86. The van der Waals surface area contributed by atoms with Gasteiger partial charge in [0.1, 0.15) is 0 Å². The summed E-state index contributed by atoms with van der Waals surface area (Å²) >= 11 is 3.30. The van der Waals surface area contributed by atoms with Crippen molar-refractivity contribution in [2.75, 3.05) is 13.1 Å². The second-order valence-corrected chi connectivity index (χ2v) is 6.99. The lowest BCUT2D eigenvalue weighted by Crippen LogP contribution is -2.35. The third kappa shape index (κ3) is 2.78. The van der Waals surface area contributed by atoms with Crippen LogP contribution in [0.15, 0.2) is 45.3 Å². The van der Waals surface area contributed by atoms with Crippen molar-refractivity contribution in [2.45, 2.75) is 18.2 Å². The molecular weight excluding hydrogens is 302 g/mol. The van der Waals surface area contributed by atoms with E-state index in [9.17, 15) is 8.42 Å². The van der Waals surface area contributed by atoms with Gasteiger partial charge in [-0.2, -0.15) is 4.31 Å². The molecule has 1 aliphatic heterocycles. The van der Waals surface area contributed by atoms with Crippen LogP contribution in [0.4, 0.5) is 0 Å². The van der Waals surface area contributed by atoms with Gasteiger partial charge in [-0.1, -0.05) is 33.6 Å². The van der Waals surface area contributed by atoms with Crippen molar-refractivity contribution >= 4 is 26.0 Å². The van der Waals surface area contributed by atoms with Crippen molar-refractivity contribution in [1.82, 2.24) is 4.31 Å². The van der Waals surface area contributed by atoms with Crippen molar-refractivity contribution in [3.05, 3.63) is 40.4 Å². The Bertz CT molecular complexity index is 551. The Morgan fingerprint density at radius 2 is 2.12 bits per heavy atom. The van der Waals surface area contributed by atoms with Crippen LogP contribution < -0.4 is 0 Å². The average molecular weight is 316 g/mol. The van der Waals surface area contributed by atoms with Crippen molar-refractivity contribution in [3.63, 3.8) is 0 Å². The number of benzene rings is 1. The van der Waals surface area contributed by atoms with Crippen molar-refractivity contribution in [3.8, 4) is 0 Å². The molecule has 1 aliphatic rings. The zero-order chi connectivity index (χ0) is 12.5. The molecule has 1 aromatic carbocycles. The zero-order valence-corrected chi connectivity index (χ0v) is 12.0. The zero-order valence-electron chi connectivity index (χ0n) is 9.56. The lowest BCUT2D eigenvalue weighted by Gasteiger charge is -2.25. The van der Waals surface area contributed by atoms with Crippen LogP contribution in [-0.2, 0) is 10.0 Å². The molecule has 17 heavy (non-hydrogen) atoms. The molecule has 2 rings (SSSR count). The molecule has 0 bridgehead atoms. The molecule has 0 saturated carbocycles. The van der Waals surface area contributed by atoms with Gasteiger partial charge < -0.3 is 0 Å². The van der Waals surface area contributed by atoms with Gasteiger partial charge in [-0.15, -0.1) is 0 Å². The molecule has 0 aliphatic carbocycles. The predicted molar refractivity (Wildman–Crippen MR) is 71.3 cm³/mol. The monoisotopic (exact) mass is 315 g/mol. The second-order valence-electron chi connectivity index (χ2n) is 4.14. The first-order valence-electron chi connectivity index (χ1n) is 5.41. The van der Waals surface area contributed by atoms with Gasteiger partial charge in [-0.25, -0.2) is 8.42 Å². The van der Waals surface area contributed by atoms with E-state index in [0.29, 0.717) is 18.0 Å².